The van der Waals surface area contributed by atoms with Gasteiger partial charge in [-0.3, -0.25) is 9.97 Å². The largest absolute Gasteiger partial charge is 2.00 e. The molecule has 2 heterocycles. The molecule has 0 spiro atoms. The number of pyridine rings is 2. The Labute approximate surface area is 161 Å². The van der Waals surface area contributed by atoms with E-state index in [2.05, 4.69) is 9.97 Å². The van der Waals surface area contributed by atoms with E-state index in [1.54, 1.807) is 0 Å². The molecule has 2 aromatic heterocycles. The monoisotopic (exact) mass is 467 g/mol. The number of carboxylic acids is 2. The Morgan fingerprint density at radius 1 is 0.815 bits per heavy atom. The second-order valence-electron chi connectivity index (χ2n) is 4.46. The number of rotatable bonds is 4. The van der Waals surface area contributed by atoms with Crippen LogP contribution in [0.15, 0.2) is 36.7 Å². The number of nitrogens with zero attached hydrogens (tertiary/aromatic N) is 2. The minimum absolute atomic E-state index is 0. The third-order valence-corrected chi connectivity index (χ3v) is 4.21. The molecule has 12 nitrogen and oxygen atoms in total. The van der Waals surface area contributed by atoms with E-state index in [1.165, 1.54) is 0 Å². The van der Waals surface area contributed by atoms with E-state index in [0.717, 1.165) is 36.7 Å². The first kappa shape index (κ1) is 25.1. The van der Waals surface area contributed by atoms with Crippen molar-refractivity contribution in [2.45, 2.75) is 0 Å². The van der Waals surface area contributed by atoms with Crippen molar-refractivity contribution in [2.75, 3.05) is 0 Å². The molecule has 2 unspecified atom stereocenters. The van der Waals surface area contributed by atoms with E-state index < -0.39 is 38.0 Å². The minimum atomic E-state index is -4.71. The molecule has 27 heavy (non-hydrogen) atoms. The number of carboxylic acid groups (broad SMARTS) is 2. The van der Waals surface area contributed by atoms with Crippen LogP contribution in [0.2, 0.25) is 0 Å². The quantitative estimate of drug-likeness (QED) is 0.280. The second kappa shape index (κ2) is 9.84. The second-order valence-corrected chi connectivity index (χ2v) is 7.45. The molecule has 1 radical (unpaired) electrons. The number of aromatic carboxylic acids is 2. The fourth-order valence-corrected chi connectivity index (χ4v) is 2.44. The van der Waals surface area contributed by atoms with Gasteiger partial charge >= 0.3 is 29.0 Å². The normalized spacial score (nSPS) is 14.4. The van der Waals surface area contributed by atoms with Crippen molar-refractivity contribution in [3.8, 4) is 0 Å². The molecule has 0 saturated heterocycles. The fourth-order valence-electron chi connectivity index (χ4n) is 1.41. The maximum absolute atomic E-state index is 10.5. The predicted molar refractivity (Wildman–Crippen MR) is 81.3 cm³/mol. The maximum Gasteiger partial charge on any atom is 2.00 e. The fraction of sp³-hybridized carbons (Fsp3) is 0. The van der Waals surface area contributed by atoms with Crippen LogP contribution in [0, 0.1) is 0 Å². The van der Waals surface area contributed by atoms with Crippen LogP contribution in [0.1, 0.15) is 20.7 Å². The summed E-state index contributed by atoms with van der Waals surface area (Å²) in [5, 5.41) is 16.9. The zero-order chi connectivity index (χ0) is 20.1. The molecule has 0 saturated carbocycles. The molecular formula is C12H10CuN2O10P2. The van der Waals surface area contributed by atoms with E-state index in [-0.39, 0.29) is 28.2 Å². The van der Waals surface area contributed by atoms with Crippen molar-refractivity contribution < 1.29 is 65.6 Å². The summed E-state index contributed by atoms with van der Waals surface area (Å²) < 4.78 is 21.1. The molecule has 0 bridgehead atoms. The van der Waals surface area contributed by atoms with Gasteiger partial charge in [-0.1, -0.05) is 0 Å². The van der Waals surface area contributed by atoms with Crippen molar-refractivity contribution in [2.24, 2.45) is 0 Å². The first-order chi connectivity index (χ1) is 11.8. The molecule has 0 fully saturated rings. The third kappa shape index (κ3) is 8.08. The van der Waals surface area contributed by atoms with Gasteiger partial charge < -0.3 is 38.9 Å². The summed E-state index contributed by atoms with van der Waals surface area (Å²) in [5.41, 5.74) is -1.77. The Morgan fingerprint density at radius 2 is 1.11 bits per heavy atom. The van der Waals surface area contributed by atoms with Gasteiger partial charge in [0.2, 0.25) is 0 Å². The van der Waals surface area contributed by atoms with Crippen LogP contribution in [0.25, 0.3) is 0 Å². The molecule has 2 rings (SSSR count). The van der Waals surface area contributed by atoms with Crippen molar-refractivity contribution in [3.63, 3.8) is 0 Å². The molecular weight excluding hydrogens is 458 g/mol. The van der Waals surface area contributed by atoms with E-state index in [0.29, 0.717) is 0 Å². The molecule has 0 aliphatic heterocycles. The Hall–Kier alpha value is -1.94. The molecule has 149 valence electrons. The molecule has 0 aliphatic carbocycles. The van der Waals surface area contributed by atoms with Crippen LogP contribution < -0.4 is 20.7 Å². The van der Waals surface area contributed by atoms with Crippen LogP contribution in [0.3, 0.4) is 0 Å². The Bertz CT molecular complexity index is 850. The number of aromatic nitrogens is 2. The van der Waals surface area contributed by atoms with Gasteiger partial charge in [-0.15, -0.1) is 0 Å². The van der Waals surface area contributed by atoms with E-state index in [9.17, 15) is 28.5 Å². The Morgan fingerprint density at radius 3 is 1.33 bits per heavy atom. The van der Waals surface area contributed by atoms with Crippen molar-refractivity contribution >= 4 is 38.0 Å². The van der Waals surface area contributed by atoms with Crippen LogP contribution >= 0.6 is 15.2 Å². The van der Waals surface area contributed by atoms with Gasteiger partial charge in [0.15, 0.2) is 15.2 Å². The van der Waals surface area contributed by atoms with Gasteiger partial charge in [0.05, 0.1) is 11.1 Å². The average Bonchev–Trinajstić information content (AvgIpc) is 2.54. The number of hydrogen-bond donors (Lipinski definition) is 4. The van der Waals surface area contributed by atoms with Gasteiger partial charge in [-0.25, -0.2) is 9.59 Å². The van der Waals surface area contributed by atoms with E-state index >= 15 is 0 Å². The molecule has 4 N–H and O–H groups in total. The summed E-state index contributed by atoms with van der Waals surface area (Å²) >= 11 is 0. The first-order valence-electron chi connectivity index (χ1n) is 6.30. The van der Waals surface area contributed by atoms with E-state index in [4.69, 9.17) is 20.0 Å². The standard InChI is InChI=1S/2C6H6NO5P.Cu/c2*8-6(9)4-1-2-7-5(3-4)13(10,11)12;/h2*1-3H,(H,8,9)(H2,10,11,12);/q;;+2/p-2. The number of carbonyl (C=O) groups is 2. The summed E-state index contributed by atoms with van der Waals surface area (Å²) in [6.07, 6.45) is 2.00. The molecule has 0 aliphatic rings. The molecule has 2 aromatic rings. The van der Waals surface area contributed by atoms with Crippen LogP contribution in [0.5, 0.6) is 0 Å². The minimum Gasteiger partial charge on any atom is -0.774 e. The summed E-state index contributed by atoms with van der Waals surface area (Å²) in [4.78, 5) is 65.5. The first-order valence-corrected chi connectivity index (χ1v) is 9.45. The predicted octanol–water partition coefficient (Wildman–Crippen LogP) is -2.10. The van der Waals surface area contributed by atoms with Crippen molar-refractivity contribution in [1.82, 2.24) is 9.97 Å². The van der Waals surface area contributed by atoms with Gasteiger partial charge in [0.1, 0.15) is 10.9 Å². The topological polar surface area (TPSA) is 221 Å². The summed E-state index contributed by atoms with van der Waals surface area (Å²) in [5.74, 6) is -2.56. The maximum atomic E-state index is 10.5. The van der Waals surface area contributed by atoms with Gasteiger partial charge in [-0.05, 0) is 24.3 Å². The zero-order valence-corrected chi connectivity index (χ0v) is 15.5. The van der Waals surface area contributed by atoms with Crippen LogP contribution in [0.4, 0.5) is 0 Å². The molecule has 0 amide bonds. The van der Waals surface area contributed by atoms with Crippen molar-refractivity contribution in [3.05, 3.63) is 47.8 Å². The van der Waals surface area contributed by atoms with E-state index in [1.807, 2.05) is 0 Å². The average molecular weight is 468 g/mol. The van der Waals surface area contributed by atoms with Gasteiger partial charge in [0, 0.05) is 12.4 Å². The number of hydrogen-bond acceptors (Lipinski definition) is 8. The van der Waals surface area contributed by atoms with Gasteiger partial charge in [-0.2, -0.15) is 0 Å². The summed E-state index contributed by atoms with van der Waals surface area (Å²) in [7, 11) is -9.42. The molecule has 2 atom stereocenters. The summed E-state index contributed by atoms with van der Waals surface area (Å²) in [6, 6.07) is 3.83. The van der Waals surface area contributed by atoms with Crippen LogP contribution in [-0.2, 0) is 26.2 Å². The summed E-state index contributed by atoms with van der Waals surface area (Å²) in [6.45, 7) is 0. The SMILES string of the molecule is O=C(O)c1ccnc(P(=O)([O-])O)c1.O=C(O)c1ccnc(P(=O)([O-])O)c1.[Cu+2]. The van der Waals surface area contributed by atoms with Crippen molar-refractivity contribution in [1.29, 1.82) is 0 Å². The van der Waals surface area contributed by atoms with Crippen LogP contribution in [-0.4, -0.2) is 41.9 Å². The molecule has 0 aromatic carbocycles. The zero-order valence-electron chi connectivity index (χ0n) is 12.8. The Kier molecular flexibility index (Phi) is 9.13. The third-order valence-electron chi connectivity index (χ3n) is 2.56. The van der Waals surface area contributed by atoms with Gasteiger partial charge in [0.25, 0.3) is 0 Å². The molecule has 15 heteroatoms. The smallest absolute Gasteiger partial charge is 0.774 e. The Balaban J connectivity index is 0.000000483.